The highest BCUT2D eigenvalue weighted by molar-refractivity contribution is 6.02. The molecule has 1 fully saturated rings. The summed E-state index contributed by atoms with van der Waals surface area (Å²) >= 11 is 0. The van der Waals surface area contributed by atoms with Gasteiger partial charge in [0, 0.05) is 0 Å². The van der Waals surface area contributed by atoms with Crippen LogP contribution in [0.3, 0.4) is 0 Å². The number of carbonyl (C=O) groups excluding carboxylic acids is 1. The monoisotopic (exact) mass is 431 g/mol. The number of amides is 1. The molecule has 7 nitrogen and oxygen atoms in total. The van der Waals surface area contributed by atoms with Crippen molar-refractivity contribution in [2.45, 2.75) is 38.0 Å². The number of nitrogens with one attached hydrogen (secondary N) is 2. The molecule has 1 saturated heterocycles. The fraction of sp³-hybridized carbons (Fsp3) is 0.444. The van der Waals surface area contributed by atoms with Gasteiger partial charge in [-0.1, -0.05) is 12.1 Å². The SMILES string of the molecule is C[C@@H](c1ccc(C(F)(F)F)cc1)n1nc(CO)c2c1N[C@H](N1CC(F)(F)C1)NC2=O. The summed E-state index contributed by atoms with van der Waals surface area (Å²) in [6.45, 7) is 0.0556. The van der Waals surface area contributed by atoms with Crippen LogP contribution in [0.1, 0.15) is 40.1 Å². The van der Waals surface area contributed by atoms with E-state index in [4.69, 9.17) is 0 Å². The van der Waals surface area contributed by atoms with Crippen LogP contribution in [-0.2, 0) is 12.8 Å². The minimum absolute atomic E-state index is 0.0693. The highest BCUT2D eigenvalue weighted by atomic mass is 19.4. The van der Waals surface area contributed by atoms with Gasteiger partial charge in [0.15, 0.2) is 6.29 Å². The summed E-state index contributed by atoms with van der Waals surface area (Å²) in [6, 6.07) is 3.89. The van der Waals surface area contributed by atoms with Crippen LogP contribution in [0.5, 0.6) is 0 Å². The van der Waals surface area contributed by atoms with Crippen molar-refractivity contribution in [3.05, 3.63) is 46.6 Å². The summed E-state index contributed by atoms with van der Waals surface area (Å²) in [4.78, 5) is 13.9. The van der Waals surface area contributed by atoms with Crippen molar-refractivity contribution in [1.29, 1.82) is 0 Å². The number of alkyl halides is 5. The molecular formula is C18H18F5N5O2. The summed E-state index contributed by atoms with van der Waals surface area (Å²) in [6.07, 6.45) is -5.37. The van der Waals surface area contributed by atoms with Gasteiger partial charge in [0.1, 0.15) is 17.1 Å². The van der Waals surface area contributed by atoms with E-state index in [1.165, 1.54) is 21.7 Å². The van der Waals surface area contributed by atoms with E-state index in [9.17, 15) is 31.9 Å². The van der Waals surface area contributed by atoms with Gasteiger partial charge in [0.2, 0.25) is 0 Å². The van der Waals surface area contributed by atoms with Crippen molar-refractivity contribution in [3.63, 3.8) is 0 Å². The van der Waals surface area contributed by atoms with Gasteiger partial charge >= 0.3 is 6.18 Å². The van der Waals surface area contributed by atoms with Gasteiger partial charge in [-0.05, 0) is 24.6 Å². The van der Waals surface area contributed by atoms with Gasteiger partial charge in [-0.15, -0.1) is 0 Å². The second kappa shape index (κ2) is 6.91. The van der Waals surface area contributed by atoms with E-state index < -0.39 is 55.6 Å². The maximum atomic E-state index is 13.2. The average molecular weight is 431 g/mol. The number of likely N-dealkylation sites (tertiary alicyclic amines) is 1. The van der Waals surface area contributed by atoms with Crippen LogP contribution in [0.25, 0.3) is 0 Å². The van der Waals surface area contributed by atoms with Crippen LogP contribution < -0.4 is 10.6 Å². The van der Waals surface area contributed by atoms with Crippen LogP contribution in [0.2, 0.25) is 0 Å². The highest BCUT2D eigenvalue weighted by Crippen LogP contribution is 2.35. The molecule has 0 bridgehead atoms. The number of benzene rings is 1. The summed E-state index contributed by atoms with van der Waals surface area (Å²) < 4.78 is 66.3. The number of fused-ring (bicyclic) bond motifs is 1. The average Bonchev–Trinajstić information content (AvgIpc) is 3.04. The van der Waals surface area contributed by atoms with E-state index in [1.807, 2.05) is 0 Å². The molecule has 2 aliphatic rings. The molecule has 0 unspecified atom stereocenters. The van der Waals surface area contributed by atoms with Gasteiger partial charge in [0.25, 0.3) is 11.8 Å². The van der Waals surface area contributed by atoms with E-state index in [1.54, 1.807) is 6.92 Å². The third-order valence-electron chi connectivity index (χ3n) is 5.22. The lowest BCUT2D eigenvalue weighted by Crippen LogP contribution is -2.67. The molecule has 0 spiro atoms. The van der Waals surface area contributed by atoms with Crippen LogP contribution in [0, 0.1) is 0 Å². The minimum atomic E-state index is -4.47. The Morgan fingerprint density at radius 3 is 2.40 bits per heavy atom. The first kappa shape index (κ1) is 20.5. The first-order chi connectivity index (χ1) is 14.0. The number of halogens is 5. The number of aliphatic hydroxyl groups is 1. The molecule has 3 N–H and O–H groups in total. The number of aliphatic hydroxyl groups excluding tert-OH is 1. The van der Waals surface area contributed by atoms with E-state index in [0.29, 0.717) is 5.56 Å². The summed E-state index contributed by atoms with van der Waals surface area (Å²) in [5.41, 5.74) is -0.174. The van der Waals surface area contributed by atoms with Crippen molar-refractivity contribution >= 4 is 11.7 Å². The second-order valence-electron chi connectivity index (χ2n) is 7.35. The number of anilines is 1. The maximum absolute atomic E-state index is 13.2. The first-order valence-corrected chi connectivity index (χ1v) is 9.09. The second-order valence-corrected chi connectivity index (χ2v) is 7.35. The molecule has 3 heterocycles. The predicted molar refractivity (Wildman–Crippen MR) is 94.8 cm³/mol. The van der Waals surface area contributed by atoms with Gasteiger partial charge in [0.05, 0.1) is 31.3 Å². The molecule has 0 saturated carbocycles. The molecule has 1 amide bonds. The van der Waals surface area contributed by atoms with E-state index >= 15 is 0 Å². The molecule has 2 atom stereocenters. The van der Waals surface area contributed by atoms with Gasteiger partial charge in [-0.25, -0.2) is 13.5 Å². The standard InChI is InChI=1S/C18H18F5N5O2/c1-9(10-2-4-11(5-3-10)18(21,22)23)28-14-13(12(6-29)26-28)15(30)25-16(24-14)27-7-17(19,20)8-27/h2-5,9,16,24,29H,6-8H2,1H3,(H,25,30)/t9-,16-/m0/s1. The van der Waals surface area contributed by atoms with Crippen molar-refractivity contribution < 1.29 is 31.9 Å². The zero-order valence-corrected chi connectivity index (χ0v) is 15.7. The number of aromatic nitrogens is 2. The van der Waals surface area contributed by atoms with Gasteiger partial charge < -0.3 is 15.7 Å². The Balaban J connectivity index is 1.66. The fourth-order valence-electron chi connectivity index (χ4n) is 3.62. The zero-order valence-electron chi connectivity index (χ0n) is 15.7. The van der Waals surface area contributed by atoms with Crippen LogP contribution in [0.4, 0.5) is 27.8 Å². The smallest absolute Gasteiger partial charge is 0.390 e. The zero-order chi connectivity index (χ0) is 21.8. The number of hydrogen-bond acceptors (Lipinski definition) is 5. The van der Waals surface area contributed by atoms with Crippen LogP contribution in [-0.4, -0.2) is 51.0 Å². The van der Waals surface area contributed by atoms with E-state index in [2.05, 4.69) is 15.7 Å². The molecule has 2 aliphatic heterocycles. The molecule has 2 aromatic rings. The van der Waals surface area contributed by atoms with Crippen molar-refractivity contribution in [3.8, 4) is 0 Å². The predicted octanol–water partition coefficient (Wildman–Crippen LogP) is 2.39. The largest absolute Gasteiger partial charge is 0.416 e. The van der Waals surface area contributed by atoms with Crippen molar-refractivity contribution in [2.75, 3.05) is 18.4 Å². The molecule has 162 valence electrons. The number of hydrogen-bond donors (Lipinski definition) is 3. The highest BCUT2D eigenvalue weighted by Gasteiger charge is 2.49. The molecule has 1 aromatic heterocycles. The Bertz CT molecular complexity index is 965. The Kier molecular flexibility index (Phi) is 4.73. The Morgan fingerprint density at radius 2 is 1.87 bits per heavy atom. The first-order valence-electron chi connectivity index (χ1n) is 9.09. The lowest BCUT2D eigenvalue weighted by atomic mass is 10.1. The molecule has 30 heavy (non-hydrogen) atoms. The van der Waals surface area contributed by atoms with Crippen LogP contribution in [0.15, 0.2) is 24.3 Å². The number of nitrogens with zero attached hydrogens (tertiary/aromatic N) is 3. The lowest BCUT2D eigenvalue weighted by molar-refractivity contribution is -0.145. The van der Waals surface area contributed by atoms with Crippen LogP contribution >= 0.6 is 0 Å². The summed E-state index contributed by atoms with van der Waals surface area (Å²) in [7, 11) is 0. The Labute approximate surface area is 167 Å². The molecule has 0 aliphatic carbocycles. The third-order valence-corrected chi connectivity index (χ3v) is 5.22. The van der Waals surface area contributed by atoms with E-state index in [0.717, 1.165) is 12.1 Å². The summed E-state index contributed by atoms with van der Waals surface area (Å²) in [5.74, 6) is -3.22. The minimum Gasteiger partial charge on any atom is -0.390 e. The topological polar surface area (TPSA) is 82.4 Å². The third kappa shape index (κ3) is 3.49. The molecular weight excluding hydrogens is 413 g/mol. The molecule has 1 aromatic carbocycles. The maximum Gasteiger partial charge on any atom is 0.416 e. The van der Waals surface area contributed by atoms with Gasteiger partial charge in [-0.3, -0.25) is 9.69 Å². The Hall–Kier alpha value is -2.73. The normalized spacial score (nSPS) is 22.0. The lowest BCUT2D eigenvalue weighted by Gasteiger charge is -2.45. The number of carbonyl (C=O) groups is 1. The quantitative estimate of drug-likeness (QED) is 0.648. The molecule has 4 rings (SSSR count). The Morgan fingerprint density at radius 1 is 1.23 bits per heavy atom. The van der Waals surface area contributed by atoms with Crippen molar-refractivity contribution in [1.82, 2.24) is 20.0 Å². The number of rotatable bonds is 4. The van der Waals surface area contributed by atoms with Crippen molar-refractivity contribution in [2.24, 2.45) is 0 Å². The summed E-state index contributed by atoms with van der Waals surface area (Å²) in [5, 5.41) is 19.3. The molecule has 0 radical (unpaired) electrons. The van der Waals surface area contributed by atoms with Gasteiger partial charge in [-0.2, -0.15) is 18.3 Å². The molecule has 12 heteroatoms. The fourth-order valence-corrected chi connectivity index (χ4v) is 3.62. The van der Waals surface area contributed by atoms with E-state index in [-0.39, 0.29) is 17.1 Å².